The van der Waals surface area contributed by atoms with Gasteiger partial charge in [-0.05, 0) is 44.9 Å². The van der Waals surface area contributed by atoms with Crippen LogP contribution < -0.4 is 5.32 Å². The highest BCUT2D eigenvalue weighted by Crippen LogP contribution is 2.14. The van der Waals surface area contributed by atoms with Crippen LogP contribution in [0.3, 0.4) is 0 Å². The molecular weight excluding hydrogens is 586 g/mol. The maximum atomic E-state index is 12.5. The average Bonchev–Trinajstić information content (AvgIpc) is 3.00. The van der Waals surface area contributed by atoms with E-state index in [1.165, 1.54) is 115 Å². The second kappa shape index (κ2) is 31.4. The van der Waals surface area contributed by atoms with E-state index in [1.54, 1.807) is 6.08 Å². The van der Waals surface area contributed by atoms with Crippen LogP contribution in [0.15, 0.2) is 24.3 Å². The van der Waals surface area contributed by atoms with Gasteiger partial charge in [0.1, 0.15) is 6.10 Å². The third kappa shape index (κ3) is 31.2. The molecule has 0 aromatic rings. The van der Waals surface area contributed by atoms with Crippen molar-refractivity contribution in [3.05, 3.63) is 24.3 Å². The van der Waals surface area contributed by atoms with Crippen molar-refractivity contribution in [2.45, 2.75) is 199 Å². The van der Waals surface area contributed by atoms with Crippen LogP contribution in [-0.4, -0.2) is 53.1 Å². The summed E-state index contributed by atoms with van der Waals surface area (Å²) in [5, 5.41) is 23.3. The fourth-order valence-electron chi connectivity index (χ4n) is 5.57. The summed E-state index contributed by atoms with van der Waals surface area (Å²) in [7, 11) is -4.44. The molecule has 1 amide bonds. The van der Waals surface area contributed by atoms with Gasteiger partial charge in [0.05, 0.1) is 17.9 Å². The van der Waals surface area contributed by atoms with Crippen LogP contribution in [0.5, 0.6) is 0 Å². The number of allylic oxidation sites excluding steroid dienone is 3. The highest BCUT2D eigenvalue weighted by Gasteiger charge is 2.27. The highest BCUT2D eigenvalue weighted by atomic mass is 32.2. The first-order valence-electron chi connectivity index (χ1n) is 18.6. The Morgan fingerprint density at radius 3 is 1.42 bits per heavy atom. The average molecular weight is 658 g/mol. The van der Waals surface area contributed by atoms with Crippen molar-refractivity contribution in [1.82, 2.24) is 5.32 Å². The van der Waals surface area contributed by atoms with Crippen molar-refractivity contribution < 1.29 is 28.0 Å². The van der Waals surface area contributed by atoms with Crippen LogP contribution >= 0.6 is 0 Å². The van der Waals surface area contributed by atoms with Gasteiger partial charge in [0.2, 0.25) is 5.91 Å². The monoisotopic (exact) mass is 658 g/mol. The van der Waals surface area contributed by atoms with Gasteiger partial charge in [0.15, 0.2) is 0 Å². The summed E-state index contributed by atoms with van der Waals surface area (Å²) < 4.78 is 32.4. The zero-order valence-electron chi connectivity index (χ0n) is 29.1. The van der Waals surface area contributed by atoms with Crippen LogP contribution in [0, 0.1) is 0 Å². The molecule has 0 bridgehead atoms. The second-order valence-electron chi connectivity index (χ2n) is 13.0. The maximum absolute atomic E-state index is 12.5. The minimum atomic E-state index is -4.44. The number of carbonyl (C=O) groups excluding carboxylic acids is 1. The molecule has 8 heteroatoms. The molecular formula is C37H71NO6S. The molecule has 0 aliphatic heterocycles. The lowest BCUT2D eigenvalue weighted by Gasteiger charge is -2.22. The Labute approximate surface area is 277 Å². The number of aliphatic hydroxyl groups is 2. The van der Waals surface area contributed by atoms with Crippen molar-refractivity contribution in [3.63, 3.8) is 0 Å². The Bertz CT molecular complexity index is 829. The molecule has 0 aromatic carbocycles. The minimum absolute atomic E-state index is 0.274. The van der Waals surface area contributed by atoms with E-state index in [2.05, 4.69) is 31.3 Å². The van der Waals surface area contributed by atoms with Gasteiger partial charge in [0.25, 0.3) is 10.1 Å². The van der Waals surface area contributed by atoms with E-state index in [-0.39, 0.29) is 6.42 Å². The van der Waals surface area contributed by atoms with Gasteiger partial charge in [0, 0.05) is 0 Å². The molecule has 0 aliphatic rings. The quantitative estimate of drug-likeness (QED) is 0.0317. The number of rotatable bonds is 33. The number of unbranched alkanes of at least 4 members (excludes halogenated alkanes) is 22. The molecule has 4 N–H and O–H groups in total. The third-order valence-electron chi connectivity index (χ3n) is 8.48. The number of hydrogen-bond acceptors (Lipinski definition) is 5. The lowest BCUT2D eigenvalue weighted by Crippen LogP contribution is -2.50. The third-order valence-corrected chi connectivity index (χ3v) is 9.26. The summed E-state index contributed by atoms with van der Waals surface area (Å²) in [6.07, 6.45) is 35.1. The SMILES string of the molecule is CCCCCC/C=C\CCCCCCCCC(O)C(=O)NC(CS(=O)(=O)O)C(O)/C=C/CCCCCCCCCCCCCC. The van der Waals surface area contributed by atoms with Crippen molar-refractivity contribution in [1.29, 1.82) is 0 Å². The molecule has 0 aromatic heterocycles. The Kier molecular flexibility index (Phi) is 30.5. The molecule has 45 heavy (non-hydrogen) atoms. The topological polar surface area (TPSA) is 124 Å². The fourth-order valence-corrected chi connectivity index (χ4v) is 6.30. The second-order valence-corrected chi connectivity index (χ2v) is 14.5. The van der Waals surface area contributed by atoms with E-state index >= 15 is 0 Å². The van der Waals surface area contributed by atoms with Gasteiger partial charge >= 0.3 is 0 Å². The van der Waals surface area contributed by atoms with Gasteiger partial charge in [-0.2, -0.15) is 8.42 Å². The molecule has 266 valence electrons. The van der Waals surface area contributed by atoms with E-state index in [0.29, 0.717) is 6.42 Å². The van der Waals surface area contributed by atoms with Crippen molar-refractivity contribution in [2.75, 3.05) is 5.75 Å². The summed E-state index contributed by atoms with van der Waals surface area (Å²) in [6.45, 7) is 4.47. The van der Waals surface area contributed by atoms with E-state index in [4.69, 9.17) is 0 Å². The van der Waals surface area contributed by atoms with Crippen LogP contribution in [0.4, 0.5) is 0 Å². The minimum Gasteiger partial charge on any atom is -0.387 e. The van der Waals surface area contributed by atoms with Crippen LogP contribution in [0.1, 0.15) is 181 Å². The molecule has 0 spiro atoms. The summed E-state index contributed by atoms with van der Waals surface area (Å²) in [4.78, 5) is 12.5. The lowest BCUT2D eigenvalue weighted by atomic mass is 10.0. The Morgan fingerprint density at radius 2 is 0.978 bits per heavy atom. The lowest BCUT2D eigenvalue weighted by molar-refractivity contribution is -0.130. The summed E-state index contributed by atoms with van der Waals surface area (Å²) in [5.74, 6) is -1.54. The molecule has 0 heterocycles. The van der Waals surface area contributed by atoms with E-state index in [9.17, 15) is 28.0 Å². The van der Waals surface area contributed by atoms with Crippen LogP contribution in [-0.2, 0) is 14.9 Å². The van der Waals surface area contributed by atoms with Gasteiger partial charge in [-0.25, -0.2) is 0 Å². The van der Waals surface area contributed by atoms with Crippen LogP contribution in [0.2, 0.25) is 0 Å². The smallest absolute Gasteiger partial charge is 0.267 e. The molecule has 0 rings (SSSR count). The molecule has 0 saturated heterocycles. The molecule has 0 aliphatic carbocycles. The Hall–Kier alpha value is -1.22. The highest BCUT2D eigenvalue weighted by molar-refractivity contribution is 7.85. The molecule has 3 atom stereocenters. The number of amides is 1. The number of hydrogen-bond donors (Lipinski definition) is 4. The first-order chi connectivity index (χ1) is 21.7. The maximum Gasteiger partial charge on any atom is 0.267 e. The molecule has 7 nitrogen and oxygen atoms in total. The first kappa shape index (κ1) is 43.8. The molecule has 0 saturated carbocycles. The standard InChI is InChI=1S/C37H71NO6S/c1-3-5-7-9-11-13-15-17-19-21-23-25-27-29-31-35(39)34(33-45(42,43)44)38-37(41)36(40)32-30-28-26-24-22-20-18-16-14-12-10-8-6-4-2/h14,16,29,31,34-36,39-40H,3-13,15,17-28,30,32-33H2,1-2H3,(H,38,41)(H,42,43,44)/b16-14-,31-29+. The predicted octanol–water partition coefficient (Wildman–Crippen LogP) is 9.38. The van der Waals surface area contributed by atoms with Crippen LogP contribution in [0.25, 0.3) is 0 Å². The van der Waals surface area contributed by atoms with E-state index < -0.39 is 40.0 Å². The summed E-state index contributed by atoms with van der Waals surface area (Å²) >= 11 is 0. The normalized spacial score (nSPS) is 14.3. The summed E-state index contributed by atoms with van der Waals surface area (Å²) in [5.41, 5.74) is 0. The van der Waals surface area contributed by atoms with Gasteiger partial charge in [-0.1, -0.05) is 160 Å². The van der Waals surface area contributed by atoms with E-state index in [1.807, 2.05) is 0 Å². The molecule has 0 radical (unpaired) electrons. The van der Waals surface area contributed by atoms with Gasteiger partial charge in [-0.15, -0.1) is 0 Å². The van der Waals surface area contributed by atoms with E-state index in [0.717, 1.165) is 44.9 Å². The van der Waals surface area contributed by atoms with Crippen molar-refractivity contribution in [3.8, 4) is 0 Å². The molecule has 0 fully saturated rings. The molecule has 3 unspecified atom stereocenters. The first-order valence-corrected chi connectivity index (χ1v) is 20.3. The number of carbonyl (C=O) groups is 1. The summed E-state index contributed by atoms with van der Waals surface area (Å²) in [6, 6.07) is -1.23. The zero-order chi connectivity index (χ0) is 33.4. The fraction of sp³-hybridized carbons (Fsp3) is 0.865. The zero-order valence-corrected chi connectivity index (χ0v) is 29.9. The van der Waals surface area contributed by atoms with Gasteiger partial charge in [-0.3, -0.25) is 9.35 Å². The number of nitrogens with one attached hydrogen (secondary N) is 1. The predicted molar refractivity (Wildman–Crippen MR) is 190 cm³/mol. The Morgan fingerprint density at radius 1 is 0.600 bits per heavy atom. The Balaban J connectivity index is 4.13. The number of aliphatic hydroxyl groups excluding tert-OH is 2. The van der Waals surface area contributed by atoms with Gasteiger partial charge < -0.3 is 15.5 Å². The largest absolute Gasteiger partial charge is 0.387 e. The van der Waals surface area contributed by atoms with Crippen molar-refractivity contribution >= 4 is 16.0 Å². The van der Waals surface area contributed by atoms with Crippen molar-refractivity contribution in [2.24, 2.45) is 0 Å².